The zero-order valence-electron chi connectivity index (χ0n) is 10.1. The molecule has 0 aliphatic heterocycles. The minimum Gasteiger partial charge on any atom is -0.508 e. The number of hydrogen-bond donors (Lipinski definition) is 1. The SMILES string of the molecule is C[n+]1cc(Cc2ccc(O)cc2)n2cccnc21. The zero-order valence-corrected chi connectivity index (χ0v) is 10.1. The molecular weight excluding hydrogens is 226 g/mol. The summed E-state index contributed by atoms with van der Waals surface area (Å²) < 4.78 is 4.09. The topological polar surface area (TPSA) is 41.4 Å². The first-order valence-corrected chi connectivity index (χ1v) is 5.82. The maximum atomic E-state index is 9.28. The molecule has 2 heterocycles. The van der Waals surface area contributed by atoms with Crippen LogP contribution in [0.3, 0.4) is 0 Å². The largest absolute Gasteiger partial charge is 0.508 e. The molecule has 0 spiro atoms. The lowest BCUT2D eigenvalue weighted by Crippen LogP contribution is -2.26. The summed E-state index contributed by atoms with van der Waals surface area (Å²) in [6.07, 6.45) is 6.70. The van der Waals surface area contributed by atoms with Crippen LogP contribution in [0.25, 0.3) is 5.78 Å². The number of aromatic nitrogens is 3. The summed E-state index contributed by atoms with van der Waals surface area (Å²) in [5.74, 6) is 1.22. The van der Waals surface area contributed by atoms with Crippen LogP contribution in [0.15, 0.2) is 48.9 Å². The van der Waals surface area contributed by atoms with Gasteiger partial charge in [0.05, 0.1) is 13.2 Å². The highest BCUT2D eigenvalue weighted by molar-refractivity contribution is 5.31. The molecule has 0 bridgehead atoms. The van der Waals surface area contributed by atoms with E-state index in [1.54, 1.807) is 18.3 Å². The Kier molecular flexibility index (Phi) is 2.48. The van der Waals surface area contributed by atoms with Crippen LogP contribution < -0.4 is 4.57 Å². The maximum absolute atomic E-state index is 9.28. The number of aromatic hydroxyl groups is 1. The van der Waals surface area contributed by atoms with Crippen LogP contribution in [0.1, 0.15) is 11.3 Å². The average molecular weight is 240 g/mol. The molecule has 0 saturated heterocycles. The lowest BCUT2D eigenvalue weighted by Gasteiger charge is -1.98. The van der Waals surface area contributed by atoms with Gasteiger partial charge in [0.15, 0.2) is 0 Å². The Bertz CT molecular complexity index is 686. The highest BCUT2D eigenvalue weighted by atomic mass is 16.3. The second-order valence-electron chi connectivity index (χ2n) is 4.36. The fourth-order valence-corrected chi connectivity index (χ4v) is 2.15. The van der Waals surface area contributed by atoms with E-state index >= 15 is 0 Å². The van der Waals surface area contributed by atoms with Crippen molar-refractivity contribution >= 4 is 5.78 Å². The fourth-order valence-electron chi connectivity index (χ4n) is 2.15. The molecule has 1 N–H and O–H groups in total. The Morgan fingerprint density at radius 2 is 2.06 bits per heavy atom. The van der Waals surface area contributed by atoms with E-state index in [4.69, 9.17) is 0 Å². The van der Waals surface area contributed by atoms with Crippen molar-refractivity contribution in [1.82, 2.24) is 9.38 Å². The Balaban J connectivity index is 2.02. The highest BCUT2D eigenvalue weighted by Gasteiger charge is 2.13. The van der Waals surface area contributed by atoms with Crippen molar-refractivity contribution in [2.24, 2.45) is 7.05 Å². The van der Waals surface area contributed by atoms with E-state index in [-0.39, 0.29) is 0 Å². The van der Waals surface area contributed by atoms with Gasteiger partial charge in [-0.2, -0.15) is 0 Å². The lowest BCUT2D eigenvalue weighted by atomic mass is 10.1. The van der Waals surface area contributed by atoms with Crippen molar-refractivity contribution in [3.8, 4) is 5.75 Å². The van der Waals surface area contributed by atoms with Crippen LogP contribution in [0.5, 0.6) is 5.75 Å². The molecule has 0 radical (unpaired) electrons. The van der Waals surface area contributed by atoms with Crippen LogP contribution in [0, 0.1) is 0 Å². The molecule has 1 aromatic carbocycles. The third-order valence-electron chi connectivity index (χ3n) is 3.02. The summed E-state index contributed by atoms with van der Waals surface area (Å²) in [7, 11) is 1.99. The number of rotatable bonds is 2. The van der Waals surface area contributed by atoms with Crippen molar-refractivity contribution < 1.29 is 9.67 Å². The second kappa shape index (κ2) is 4.14. The first kappa shape index (κ1) is 10.8. The second-order valence-corrected chi connectivity index (χ2v) is 4.36. The third kappa shape index (κ3) is 1.82. The molecule has 2 aromatic heterocycles. The van der Waals surface area contributed by atoms with Crippen molar-refractivity contribution in [2.45, 2.75) is 6.42 Å². The number of aryl methyl sites for hydroxylation is 1. The normalized spacial score (nSPS) is 10.9. The number of phenolic OH excluding ortho intramolecular Hbond substituents is 1. The van der Waals surface area contributed by atoms with E-state index in [1.165, 1.54) is 5.69 Å². The first-order chi connectivity index (χ1) is 8.74. The zero-order chi connectivity index (χ0) is 12.5. The standard InChI is InChI=1S/C14H13N3O/c1-16-10-12(17-8-2-7-15-14(16)17)9-11-3-5-13(18)6-4-11/h2-8,10H,9H2,1H3/p+1. The van der Waals surface area contributed by atoms with Gasteiger partial charge in [-0.05, 0) is 17.7 Å². The predicted molar refractivity (Wildman–Crippen MR) is 67.3 cm³/mol. The van der Waals surface area contributed by atoms with Crippen LogP contribution in [-0.2, 0) is 13.5 Å². The molecule has 3 aromatic rings. The predicted octanol–water partition coefficient (Wildman–Crippen LogP) is 1.46. The molecule has 90 valence electrons. The molecule has 0 aliphatic rings. The van der Waals surface area contributed by atoms with Gasteiger partial charge < -0.3 is 5.11 Å². The average Bonchev–Trinajstić information content (AvgIpc) is 2.70. The van der Waals surface area contributed by atoms with Crippen LogP contribution >= 0.6 is 0 Å². The number of nitrogens with zero attached hydrogens (tertiary/aromatic N) is 3. The van der Waals surface area contributed by atoms with E-state index < -0.39 is 0 Å². The van der Waals surface area contributed by atoms with E-state index in [1.807, 2.05) is 36.0 Å². The number of benzene rings is 1. The summed E-state index contributed by atoms with van der Waals surface area (Å²) in [5.41, 5.74) is 2.34. The minimum absolute atomic E-state index is 0.297. The summed E-state index contributed by atoms with van der Waals surface area (Å²) in [6.45, 7) is 0. The van der Waals surface area contributed by atoms with Crippen molar-refractivity contribution in [1.29, 1.82) is 0 Å². The van der Waals surface area contributed by atoms with Crippen LogP contribution in [0.4, 0.5) is 0 Å². The molecule has 0 saturated carbocycles. The van der Waals surface area contributed by atoms with Crippen LogP contribution in [-0.4, -0.2) is 14.5 Å². The molecule has 0 amide bonds. The molecule has 0 unspecified atom stereocenters. The van der Waals surface area contributed by atoms with E-state index in [0.29, 0.717) is 5.75 Å². The summed E-state index contributed by atoms with van der Waals surface area (Å²) in [6, 6.07) is 9.22. The Morgan fingerprint density at radius 3 is 2.83 bits per heavy atom. The van der Waals surface area contributed by atoms with Gasteiger partial charge in [0, 0.05) is 12.5 Å². The lowest BCUT2D eigenvalue weighted by molar-refractivity contribution is -0.646. The molecule has 0 aliphatic carbocycles. The monoisotopic (exact) mass is 240 g/mol. The first-order valence-electron chi connectivity index (χ1n) is 5.82. The van der Waals surface area contributed by atoms with Gasteiger partial charge in [-0.3, -0.25) is 0 Å². The van der Waals surface area contributed by atoms with Gasteiger partial charge in [0.1, 0.15) is 23.8 Å². The molecule has 4 nitrogen and oxygen atoms in total. The van der Waals surface area contributed by atoms with E-state index in [2.05, 4.69) is 15.6 Å². The fraction of sp³-hybridized carbons (Fsp3) is 0.143. The number of hydrogen-bond acceptors (Lipinski definition) is 2. The van der Waals surface area contributed by atoms with Gasteiger partial charge in [0.2, 0.25) is 0 Å². The quantitative estimate of drug-likeness (QED) is 0.689. The van der Waals surface area contributed by atoms with E-state index in [0.717, 1.165) is 17.8 Å². The number of phenols is 1. The molecule has 3 rings (SSSR count). The molecular formula is C14H14N3O+. The van der Waals surface area contributed by atoms with Crippen molar-refractivity contribution in [3.63, 3.8) is 0 Å². The van der Waals surface area contributed by atoms with Gasteiger partial charge in [-0.1, -0.05) is 17.1 Å². The molecule has 4 heteroatoms. The summed E-state index contributed by atoms with van der Waals surface area (Å²) >= 11 is 0. The minimum atomic E-state index is 0.297. The summed E-state index contributed by atoms with van der Waals surface area (Å²) in [5, 5.41) is 9.28. The van der Waals surface area contributed by atoms with Gasteiger partial charge in [0.25, 0.3) is 0 Å². The van der Waals surface area contributed by atoms with Crippen LogP contribution in [0.2, 0.25) is 0 Å². The van der Waals surface area contributed by atoms with Gasteiger partial charge in [-0.25, -0.2) is 8.97 Å². The number of imidazole rings is 1. The van der Waals surface area contributed by atoms with Gasteiger partial charge >= 0.3 is 5.78 Å². The summed E-state index contributed by atoms with van der Waals surface area (Å²) in [4.78, 5) is 4.34. The van der Waals surface area contributed by atoms with Crippen molar-refractivity contribution in [3.05, 3.63) is 60.2 Å². The molecule has 0 atom stereocenters. The number of fused-ring (bicyclic) bond motifs is 1. The third-order valence-corrected chi connectivity index (χ3v) is 3.02. The molecule has 18 heavy (non-hydrogen) atoms. The molecule has 0 fully saturated rings. The Morgan fingerprint density at radius 1 is 1.28 bits per heavy atom. The van der Waals surface area contributed by atoms with Gasteiger partial charge in [-0.15, -0.1) is 0 Å². The highest BCUT2D eigenvalue weighted by Crippen LogP contribution is 2.13. The van der Waals surface area contributed by atoms with E-state index in [9.17, 15) is 5.11 Å². The Labute approximate surface area is 105 Å². The Hall–Kier alpha value is -2.36. The smallest absolute Gasteiger partial charge is 0.403 e. The maximum Gasteiger partial charge on any atom is 0.403 e. The van der Waals surface area contributed by atoms with Crippen molar-refractivity contribution in [2.75, 3.05) is 0 Å².